The molecule has 0 aliphatic heterocycles. The Labute approximate surface area is 234 Å². The molecule has 0 fully saturated rings. The molecule has 3 N–H and O–H groups in total. The van der Waals surface area contributed by atoms with Crippen molar-refractivity contribution in [2.24, 2.45) is 0 Å². The monoisotopic (exact) mass is 538 g/mol. The fourth-order valence-electron chi connectivity index (χ4n) is 3.59. The Morgan fingerprint density at radius 3 is 2.21 bits per heavy atom. The molecule has 39 heavy (non-hydrogen) atoms. The van der Waals surface area contributed by atoms with Crippen molar-refractivity contribution in [3.8, 4) is 11.1 Å². The van der Waals surface area contributed by atoms with Gasteiger partial charge in [0.05, 0.1) is 6.61 Å². The van der Waals surface area contributed by atoms with Crippen molar-refractivity contribution >= 4 is 11.9 Å². The molecule has 1 heterocycles. The van der Waals surface area contributed by atoms with Crippen LogP contribution < -0.4 is 10.6 Å². The van der Waals surface area contributed by atoms with Gasteiger partial charge in [-0.05, 0) is 80.4 Å². The van der Waals surface area contributed by atoms with Crippen LogP contribution in [0.2, 0.25) is 0 Å². The molecule has 3 aromatic rings. The lowest BCUT2D eigenvalue weighted by molar-refractivity contribution is -0.139. The van der Waals surface area contributed by atoms with E-state index in [0.717, 1.165) is 33.8 Å². The highest BCUT2D eigenvalue weighted by Crippen LogP contribution is 2.28. The van der Waals surface area contributed by atoms with Crippen molar-refractivity contribution < 1.29 is 23.8 Å². The molecule has 2 aromatic carbocycles. The lowest BCUT2D eigenvalue weighted by Gasteiger charge is -2.18. The highest BCUT2D eigenvalue weighted by Gasteiger charge is 2.22. The van der Waals surface area contributed by atoms with Gasteiger partial charge in [0, 0.05) is 5.56 Å². The quantitative estimate of drug-likeness (QED) is 0.232. The molecule has 0 bridgehead atoms. The van der Waals surface area contributed by atoms with Crippen LogP contribution in [-0.2, 0) is 22.7 Å². The summed E-state index contributed by atoms with van der Waals surface area (Å²) in [5, 5.41) is 15.1. The van der Waals surface area contributed by atoms with E-state index in [0.29, 0.717) is 25.3 Å². The van der Waals surface area contributed by atoms with Crippen molar-refractivity contribution in [1.29, 1.82) is 0 Å². The number of aryl methyl sites for hydroxylation is 2. The summed E-state index contributed by atoms with van der Waals surface area (Å²) in [5.41, 5.74) is 3.98. The summed E-state index contributed by atoms with van der Waals surface area (Å²) >= 11 is 0. The summed E-state index contributed by atoms with van der Waals surface area (Å²) < 4.78 is 11.3. The van der Waals surface area contributed by atoms with E-state index in [-0.39, 0.29) is 6.42 Å². The van der Waals surface area contributed by atoms with Gasteiger partial charge in [0.15, 0.2) is 0 Å². The zero-order chi connectivity index (χ0) is 29.2. The van der Waals surface area contributed by atoms with Crippen LogP contribution in [0.1, 0.15) is 80.0 Å². The van der Waals surface area contributed by atoms with Gasteiger partial charge < -0.3 is 24.9 Å². The molecule has 7 nitrogen and oxygen atoms in total. The summed E-state index contributed by atoms with van der Waals surface area (Å²) in [6, 6.07) is 16.1. The fourth-order valence-corrected chi connectivity index (χ4v) is 3.59. The average Bonchev–Trinajstić information content (AvgIpc) is 3.36. The van der Waals surface area contributed by atoms with Crippen LogP contribution in [0.15, 0.2) is 59.0 Å². The molecule has 0 aliphatic carbocycles. The zero-order valence-electron chi connectivity index (χ0n) is 24.6. The first-order chi connectivity index (χ1) is 18.8. The molecule has 1 amide bonds. The lowest BCUT2D eigenvalue weighted by Crippen LogP contribution is -2.42. The van der Waals surface area contributed by atoms with E-state index in [1.165, 1.54) is 12.8 Å². The van der Waals surface area contributed by atoms with Crippen molar-refractivity contribution in [1.82, 2.24) is 10.6 Å². The summed E-state index contributed by atoms with van der Waals surface area (Å²) in [6.07, 6.45) is 2.93. The number of rotatable bonds is 12. The first-order valence-corrected chi connectivity index (χ1v) is 13.8. The number of amides is 1. The topological polar surface area (TPSA) is 101 Å². The Hall–Kier alpha value is -3.42. The van der Waals surface area contributed by atoms with E-state index in [1.54, 1.807) is 13.1 Å². The number of carbonyl (C=O) groups is 2. The number of carbonyl (C=O) groups excluding carboxylic acids is 1. The van der Waals surface area contributed by atoms with Gasteiger partial charge in [-0.3, -0.25) is 4.79 Å². The maximum atomic E-state index is 13.1. The third-order valence-electron chi connectivity index (χ3n) is 5.86. The second-order valence-electron chi connectivity index (χ2n) is 8.96. The van der Waals surface area contributed by atoms with Gasteiger partial charge in [-0.15, -0.1) is 0 Å². The highest BCUT2D eigenvalue weighted by molar-refractivity contribution is 6.02. The van der Waals surface area contributed by atoms with Crippen LogP contribution in [0.25, 0.3) is 11.1 Å². The number of hydrogen-bond acceptors (Lipinski definition) is 5. The molecule has 0 aliphatic rings. The molecule has 214 valence electrons. The first kappa shape index (κ1) is 33.6. The largest absolute Gasteiger partial charge is 0.480 e. The number of unbranched alkanes of at least 4 members (excludes halogenated alkanes) is 1. The van der Waals surface area contributed by atoms with E-state index in [4.69, 9.17) is 9.15 Å². The predicted octanol–water partition coefficient (Wildman–Crippen LogP) is 6.91. The number of hydrogen-bond donors (Lipinski definition) is 3. The molecule has 3 rings (SSSR count). The lowest BCUT2D eigenvalue weighted by atomic mass is 9.93. The molecule has 1 aromatic heterocycles. The van der Waals surface area contributed by atoms with Crippen molar-refractivity contribution in [2.75, 3.05) is 13.6 Å². The predicted molar refractivity (Wildman–Crippen MR) is 158 cm³/mol. The average molecular weight is 539 g/mol. The molecule has 1 unspecified atom stereocenters. The maximum Gasteiger partial charge on any atom is 0.326 e. The van der Waals surface area contributed by atoms with E-state index in [2.05, 4.69) is 24.5 Å². The number of nitrogens with one attached hydrogen (secondary N) is 2. The maximum absolute atomic E-state index is 13.1. The summed E-state index contributed by atoms with van der Waals surface area (Å²) in [4.78, 5) is 24.7. The molecule has 0 radical (unpaired) electrons. The van der Waals surface area contributed by atoms with Crippen LogP contribution in [0.5, 0.6) is 0 Å². The van der Waals surface area contributed by atoms with Gasteiger partial charge in [-0.1, -0.05) is 70.9 Å². The number of carboxylic acid groups (broad SMARTS) is 1. The molecule has 0 spiro atoms. The van der Waals surface area contributed by atoms with Gasteiger partial charge in [-0.2, -0.15) is 0 Å². The number of furan rings is 1. The van der Waals surface area contributed by atoms with E-state index < -0.39 is 17.9 Å². The van der Waals surface area contributed by atoms with Crippen molar-refractivity contribution in [3.05, 3.63) is 82.8 Å². The van der Waals surface area contributed by atoms with Crippen LogP contribution in [-0.4, -0.2) is 36.6 Å². The highest BCUT2D eigenvalue weighted by atomic mass is 16.5. The molecule has 0 saturated carbocycles. The molecule has 1 atom stereocenters. The van der Waals surface area contributed by atoms with Crippen LogP contribution in [0.4, 0.5) is 0 Å². The van der Waals surface area contributed by atoms with Gasteiger partial charge in [-0.25, -0.2) is 4.79 Å². The summed E-state index contributed by atoms with van der Waals surface area (Å²) in [6.45, 7) is 13.4. The van der Waals surface area contributed by atoms with E-state index in [1.807, 2.05) is 76.2 Å². The Kier molecular flexibility index (Phi) is 16.2. The molecular weight excluding hydrogens is 492 g/mol. The van der Waals surface area contributed by atoms with Crippen LogP contribution in [0, 0.1) is 13.8 Å². The minimum atomic E-state index is -1.06. The Morgan fingerprint density at radius 1 is 0.949 bits per heavy atom. The van der Waals surface area contributed by atoms with Gasteiger partial charge in [0.1, 0.15) is 24.2 Å². The first-order valence-electron chi connectivity index (χ1n) is 13.8. The second-order valence-corrected chi connectivity index (χ2v) is 8.96. The second kappa shape index (κ2) is 18.8. The fraction of sp³-hybridized carbons (Fsp3) is 0.438. The minimum Gasteiger partial charge on any atom is -0.480 e. The van der Waals surface area contributed by atoms with Gasteiger partial charge >= 0.3 is 5.97 Å². The number of benzene rings is 2. The normalized spacial score (nSPS) is 10.9. The van der Waals surface area contributed by atoms with Gasteiger partial charge in [0.2, 0.25) is 0 Å². The molecular formula is C32H46N2O5. The van der Waals surface area contributed by atoms with Gasteiger partial charge in [0.25, 0.3) is 5.91 Å². The van der Waals surface area contributed by atoms with Crippen LogP contribution in [0.3, 0.4) is 0 Å². The Balaban J connectivity index is 0.00000116. The number of ether oxygens (including phenoxy) is 1. The van der Waals surface area contributed by atoms with E-state index >= 15 is 0 Å². The Bertz CT molecular complexity index is 1140. The number of carboxylic acids is 1. The Morgan fingerprint density at radius 2 is 1.64 bits per heavy atom. The molecule has 0 saturated heterocycles. The minimum absolute atomic E-state index is 0.287. The third kappa shape index (κ3) is 11.5. The number of aliphatic carboxylic acids is 1. The van der Waals surface area contributed by atoms with Crippen molar-refractivity contribution in [3.63, 3.8) is 0 Å². The SMILES string of the molecule is CC.CCCC.CNCCC(NC(=O)c1ccc(COCc2ccc(C)o2)cc1-c1ccccc1C)C(=O)O. The summed E-state index contributed by atoms with van der Waals surface area (Å²) in [5.74, 6) is 0.105. The standard InChI is InChI=1S/C26H30N2O5.C4H10.C2H6/c1-17-6-4-5-7-21(17)23-14-19(15-32-16-20-10-8-18(2)33-20)9-11-22(23)25(29)28-24(26(30)31)12-13-27-3;1-3-4-2;1-2/h4-11,14,24,27H,12-13,15-16H2,1-3H3,(H,28,29)(H,30,31);3-4H2,1-2H3;1-2H3. The zero-order valence-corrected chi connectivity index (χ0v) is 24.6. The molecule has 7 heteroatoms. The van der Waals surface area contributed by atoms with Crippen LogP contribution >= 0.6 is 0 Å². The smallest absolute Gasteiger partial charge is 0.326 e. The van der Waals surface area contributed by atoms with Crippen molar-refractivity contribution in [2.45, 2.75) is 80.1 Å². The van der Waals surface area contributed by atoms with E-state index in [9.17, 15) is 14.7 Å². The third-order valence-corrected chi connectivity index (χ3v) is 5.86. The summed E-state index contributed by atoms with van der Waals surface area (Å²) in [7, 11) is 1.74.